The molecule has 1 aliphatic rings. The minimum Gasteiger partial charge on any atom is -0.392 e. The average Bonchev–Trinajstić information content (AvgIpc) is 2.56. The van der Waals surface area contributed by atoms with E-state index in [1.807, 2.05) is 27.7 Å². The summed E-state index contributed by atoms with van der Waals surface area (Å²) >= 11 is 0. The second kappa shape index (κ2) is 4.93. The summed E-state index contributed by atoms with van der Waals surface area (Å²) in [4.78, 5) is 10.1. The van der Waals surface area contributed by atoms with E-state index in [2.05, 4.69) is 11.7 Å². The lowest BCUT2D eigenvalue weighted by molar-refractivity contribution is -0.384. The van der Waals surface area contributed by atoms with E-state index in [9.17, 15) is 10.1 Å². The van der Waals surface area contributed by atoms with Crippen molar-refractivity contribution in [3.63, 3.8) is 0 Å². The number of rotatable bonds is 1. The van der Waals surface area contributed by atoms with Crippen LogP contribution >= 0.6 is 0 Å². The van der Waals surface area contributed by atoms with Crippen LogP contribution in [-0.4, -0.2) is 23.2 Å². The molecule has 1 aromatic rings. The van der Waals surface area contributed by atoms with Crippen LogP contribution in [0, 0.1) is 21.9 Å². The predicted molar refractivity (Wildman–Crippen MR) is 76.1 cm³/mol. The van der Waals surface area contributed by atoms with E-state index in [0.717, 1.165) is 0 Å². The van der Waals surface area contributed by atoms with E-state index < -0.39 is 23.2 Å². The standard InChI is InChI=1S/C14H16BNO4/c1-13(2)14(3,4)20-15(19-13)10-9-11-5-7-12(8-6-11)16(17)18/h5-8H,1-4H3. The molecule has 0 atom stereocenters. The lowest BCUT2D eigenvalue weighted by Crippen LogP contribution is -2.41. The van der Waals surface area contributed by atoms with Crippen molar-refractivity contribution in [2.45, 2.75) is 38.9 Å². The maximum Gasteiger partial charge on any atom is 0.551 e. The van der Waals surface area contributed by atoms with Crippen LogP contribution in [0.1, 0.15) is 33.3 Å². The highest BCUT2D eigenvalue weighted by Gasteiger charge is 2.50. The number of nitro groups is 1. The van der Waals surface area contributed by atoms with Gasteiger partial charge in [-0.1, -0.05) is 11.7 Å². The van der Waals surface area contributed by atoms with E-state index in [1.165, 1.54) is 12.1 Å². The smallest absolute Gasteiger partial charge is 0.392 e. The van der Waals surface area contributed by atoms with Crippen LogP contribution in [0.5, 0.6) is 0 Å². The molecular weight excluding hydrogens is 257 g/mol. The van der Waals surface area contributed by atoms with Gasteiger partial charge in [0.25, 0.3) is 5.69 Å². The molecule has 1 aromatic carbocycles. The zero-order valence-corrected chi connectivity index (χ0v) is 12.0. The Morgan fingerprint density at radius 1 is 1.10 bits per heavy atom. The monoisotopic (exact) mass is 273 g/mol. The Kier molecular flexibility index (Phi) is 3.59. The van der Waals surface area contributed by atoms with Gasteiger partial charge in [0, 0.05) is 17.7 Å². The van der Waals surface area contributed by atoms with Crippen molar-refractivity contribution >= 4 is 12.8 Å². The second-order valence-electron chi connectivity index (χ2n) is 5.66. The molecule has 0 saturated carbocycles. The van der Waals surface area contributed by atoms with E-state index in [0.29, 0.717) is 5.56 Å². The number of hydrogen-bond acceptors (Lipinski definition) is 4. The molecule has 1 saturated heterocycles. The molecule has 0 unspecified atom stereocenters. The van der Waals surface area contributed by atoms with Crippen LogP contribution < -0.4 is 0 Å². The van der Waals surface area contributed by atoms with Gasteiger partial charge in [0.1, 0.15) is 0 Å². The van der Waals surface area contributed by atoms with Gasteiger partial charge in [-0.25, -0.2) is 0 Å². The first-order valence-electron chi connectivity index (χ1n) is 6.33. The van der Waals surface area contributed by atoms with Gasteiger partial charge in [0.05, 0.1) is 16.1 Å². The minimum absolute atomic E-state index is 0.0474. The summed E-state index contributed by atoms with van der Waals surface area (Å²) in [6.45, 7) is 7.84. The molecule has 1 fully saturated rings. The normalized spacial score (nSPS) is 19.3. The highest BCUT2D eigenvalue weighted by Crippen LogP contribution is 2.36. The van der Waals surface area contributed by atoms with Gasteiger partial charge in [0.2, 0.25) is 0 Å². The van der Waals surface area contributed by atoms with Crippen LogP contribution in [0.25, 0.3) is 0 Å². The first-order valence-corrected chi connectivity index (χ1v) is 6.33. The van der Waals surface area contributed by atoms with Crippen molar-refractivity contribution < 1.29 is 14.2 Å². The van der Waals surface area contributed by atoms with Gasteiger partial charge in [-0.15, -0.1) is 0 Å². The van der Waals surface area contributed by atoms with Crippen LogP contribution in [0.15, 0.2) is 24.3 Å². The molecule has 1 aliphatic heterocycles. The summed E-state index contributed by atoms with van der Waals surface area (Å²) < 4.78 is 11.5. The van der Waals surface area contributed by atoms with E-state index >= 15 is 0 Å². The Morgan fingerprint density at radius 2 is 1.60 bits per heavy atom. The van der Waals surface area contributed by atoms with Crippen LogP contribution in [0.4, 0.5) is 5.69 Å². The van der Waals surface area contributed by atoms with Crippen molar-refractivity contribution in [1.29, 1.82) is 0 Å². The molecule has 104 valence electrons. The van der Waals surface area contributed by atoms with Crippen molar-refractivity contribution in [2.24, 2.45) is 0 Å². The van der Waals surface area contributed by atoms with Crippen molar-refractivity contribution in [3.8, 4) is 11.7 Å². The number of nitro benzene ring substituents is 1. The fourth-order valence-corrected chi connectivity index (χ4v) is 1.71. The Labute approximate surface area is 118 Å². The molecule has 2 rings (SSSR count). The molecule has 0 radical (unpaired) electrons. The SMILES string of the molecule is CC1(C)OB(C#Cc2ccc([N+](=O)[O-])cc2)OC1(C)C. The topological polar surface area (TPSA) is 61.6 Å². The fraction of sp³-hybridized carbons (Fsp3) is 0.429. The second-order valence-corrected chi connectivity index (χ2v) is 5.66. The van der Waals surface area contributed by atoms with Crippen molar-refractivity contribution in [1.82, 2.24) is 0 Å². The number of hydrogen-bond donors (Lipinski definition) is 0. The molecule has 20 heavy (non-hydrogen) atoms. The summed E-state index contributed by atoms with van der Waals surface area (Å²) in [6.07, 6.45) is 0. The summed E-state index contributed by atoms with van der Waals surface area (Å²) in [6, 6.07) is 6.06. The largest absolute Gasteiger partial charge is 0.551 e. The number of non-ortho nitro benzene ring substituents is 1. The molecule has 5 nitrogen and oxygen atoms in total. The first-order chi connectivity index (χ1) is 9.21. The quantitative estimate of drug-likeness (QED) is 0.341. The first kappa shape index (κ1) is 14.6. The zero-order valence-electron chi connectivity index (χ0n) is 12.0. The lowest BCUT2D eigenvalue weighted by Gasteiger charge is -2.32. The number of nitrogens with zero attached hydrogens (tertiary/aromatic N) is 1. The van der Waals surface area contributed by atoms with Crippen LogP contribution in [-0.2, 0) is 9.31 Å². The van der Waals surface area contributed by atoms with E-state index in [1.54, 1.807) is 12.1 Å². The van der Waals surface area contributed by atoms with Gasteiger partial charge in [-0.05, 0) is 39.8 Å². The molecule has 0 spiro atoms. The number of benzene rings is 1. The highest BCUT2D eigenvalue weighted by molar-refractivity contribution is 6.55. The Bertz CT molecular complexity index is 567. The zero-order chi connectivity index (χ0) is 15.0. The van der Waals surface area contributed by atoms with Crippen molar-refractivity contribution in [2.75, 3.05) is 0 Å². The summed E-state index contributed by atoms with van der Waals surface area (Å²) in [7, 11) is -0.588. The maximum absolute atomic E-state index is 10.6. The van der Waals surface area contributed by atoms with Crippen LogP contribution in [0.2, 0.25) is 0 Å². The molecule has 0 aliphatic carbocycles. The van der Waals surface area contributed by atoms with Gasteiger partial charge >= 0.3 is 7.12 Å². The Hall–Kier alpha value is -1.84. The van der Waals surface area contributed by atoms with E-state index in [-0.39, 0.29) is 5.69 Å². The average molecular weight is 273 g/mol. The Morgan fingerprint density at radius 3 is 2.05 bits per heavy atom. The Balaban J connectivity index is 2.11. The van der Waals surface area contributed by atoms with Gasteiger partial charge in [-0.3, -0.25) is 10.1 Å². The summed E-state index contributed by atoms with van der Waals surface area (Å²) in [5.74, 6) is 5.80. The fourth-order valence-electron chi connectivity index (χ4n) is 1.71. The summed E-state index contributed by atoms with van der Waals surface area (Å²) in [5, 5.41) is 10.6. The molecule has 0 N–H and O–H groups in total. The maximum atomic E-state index is 10.6. The third-order valence-corrected chi connectivity index (χ3v) is 3.67. The third-order valence-electron chi connectivity index (χ3n) is 3.67. The molecular formula is C14H16BNO4. The third kappa shape index (κ3) is 2.84. The molecule has 0 bridgehead atoms. The minimum atomic E-state index is -0.588. The molecule has 0 amide bonds. The predicted octanol–water partition coefficient (Wildman–Crippen LogP) is 2.58. The van der Waals surface area contributed by atoms with Crippen LogP contribution in [0.3, 0.4) is 0 Å². The molecule has 1 heterocycles. The highest BCUT2D eigenvalue weighted by atomic mass is 16.7. The summed E-state index contributed by atoms with van der Waals surface area (Å²) in [5.41, 5.74) is -0.0969. The molecule has 6 heteroatoms. The molecule has 0 aromatic heterocycles. The van der Waals surface area contributed by atoms with Gasteiger partial charge < -0.3 is 9.31 Å². The van der Waals surface area contributed by atoms with Gasteiger partial charge in [0.15, 0.2) is 0 Å². The lowest BCUT2D eigenvalue weighted by atomic mass is 9.90. The van der Waals surface area contributed by atoms with E-state index in [4.69, 9.17) is 9.31 Å². The van der Waals surface area contributed by atoms with Gasteiger partial charge in [-0.2, -0.15) is 0 Å². The van der Waals surface area contributed by atoms with Crippen molar-refractivity contribution in [3.05, 3.63) is 39.9 Å².